The Kier molecular flexibility index (Phi) is 4.17. The lowest BCUT2D eigenvalue weighted by molar-refractivity contribution is 0.203. The first kappa shape index (κ1) is 15.1. The predicted octanol–water partition coefficient (Wildman–Crippen LogP) is 2.83. The lowest BCUT2D eigenvalue weighted by atomic mass is 10.0. The Morgan fingerprint density at radius 2 is 1.88 bits per heavy atom. The maximum atomic E-state index is 4.52. The zero-order chi connectivity index (χ0) is 16.4. The number of nitrogens with zero attached hydrogens (tertiary/aromatic N) is 5. The summed E-state index contributed by atoms with van der Waals surface area (Å²) in [5.41, 5.74) is 2.47. The van der Waals surface area contributed by atoms with Gasteiger partial charge in [0.05, 0.1) is 0 Å². The number of aromatic nitrogens is 3. The van der Waals surface area contributed by atoms with Gasteiger partial charge < -0.3 is 4.90 Å². The second-order valence-corrected chi connectivity index (χ2v) is 6.53. The molecule has 0 saturated carbocycles. The summed E-state index contributed by atoms with van der Waals surface area (Å²) in [6, 6.07) is 15.4. The van der Waals surface area contributed by atoms with Gasteiger partial charge in [0.2, 0.25) is 0 Å². The van der Waals surface area contributed by atoms with Crippen LogP contribution in [0.4, 0.5) is 5.82 Å². The van der Waals surface area contributed by atoms with Gasteiger partial charge in [0.1, 0.15) is 11.8 Å². The molecule has 0 N–H and O–H groups in total. The van der Waals surface area contributed by atoms with Gasteiger partial charge in [-0.25, -0.2) is 9.50 Å². The van der Waals surface area contributed by atoms with Crippen LogP contribution in [0.2, 0.25) is 0 Å². The maximum absolute atomic E-state index is 4.52. The van der Waals surface area contributed by atoms with E-state index < -0.39 is 0 Å². The third kappa shape index (κ3) is 2.99. The Bertz CT molecular complexity index is 790. The van der Waals surface area contributed by atoms with Crippen LogP contribution < -0.4 is 4.90 Å². The molecule has 0 radical (unpaired) electrons. The number of hydrogen-bond acceptors (Lipinski definition) is 4. The van der Waals surface area contributed by atoms with Crippen molar-refractivity contribution < 1.29 is 0 Å². The zero-order valence-corrected chi connectivity index (χ0v) is 14.0. The fraction of sp³-hybridized carbons (Fsp3) is 0.368. The lowest BCUT2D eigenvalue weighted by Crippen LogP contribution is -2.43. The molecule has 0 amide bonds. The molecule has 4 rings (SSSR count). The van der Waals surface area contributed by atoms with Crippen LogP contribution >= 0.6 is 0 Å². The van der Waals surface area contributed by atoms with Crippen LogP contribution in [-0.4, -0.2) is 45.7 Å². The van der Waals surface area contributed by atoms with Crippen molar-refractivity contribution in [3.8, 4) is 0 Å². The number of fused-ring (bicyclic) bond motifs is 1. The monoisotopic (exact) mass is 321 g/mol. The highest BCUT2D eigenvalue weighted by molar-refractivity contribution is 5.68. The second kappa shape index (κ2) is 6.61. The quantitative estimate of drug-likeness (QED) is 0.740. The molecular weight excluding hydrogens is 298 g/mol. The van der Waals surface area contributed by atoms with Gasteiger partial charge in [-0.1, -0.05) is 30.3 Å². The Morgan fingerprint density at radius 3 is 2.67 bits per heavy atom. The van der Waals surface area contributed by atoms with Gasteiger partial charge in [0.15, 0.2) is 5.82 Å². The minimum Gasteiger partial charge on any atom is -0.355 e. The van der Waals surface area contributed by atoms with Crippen LogP contribution in [-0.2, 0) is 6.54 Å². The Balaban J connectivity index is 1.41. The topological polar surface area (TPSA) is 36.7 Å². The van der Waals surface area contributed by atoms with Gasteiger partial charge in [-0.2, -0.15) is 5.10 Å². The van der Waals surface area contributed by atoms with E-state index in [0.29, 0.717) is 6.04 Å². The Morgan fingerprint density at radius 1 is 1.08 bits per heavy atom. The molecule has 1 aromatic carbocycles. The van der Waals surface area contributed by atoms with E-state index in [-0.39, 0.29) is 0 Å². The summed E-state index contributed by atoms with van der Waals surface area (Å²) in [5, 5.41) is 4.26. The summed E-state index contributed by atoms with van der Waals surface area (Å²) in [4.78, 5) is 9.40. The number of rotatable bonds is 4. The van der Waals surface area contributed by atoms with Crippen molar-refractivity contribution in [2.75, 3.05) is 25.0 Å². The molecule has 0 unspecified atom stereocenters. The van der Waals surface area contributed by atoms with Crippen LogP contribution in [0.1, 0.15) is 18.4 Å². The van der Waals surface area contributed by atoms with Crippen molar-refractivity contribution in [1.82, 2.24) is 19.5 Å². The summed E-state index contributed by atoms with van der Waals surface area (Å²) in [5.74, 6) is 1.02. The number of likely N-dealkylation sites (tertiary alicyclic amines) is 1. The van der Waals surface area contributed by atoms with E-state index in [1.54, 1.807) is 6.33 Å². The fourth-order valence-corrected chi connectivity index (χ4v) is 3.60. The molecule has 0 aliphatic carbocycles. The van der Waals surface area contributed by atoms with Crippen LogP contribution in [0, 0.1) is 0 Å². The molecule has 5 heteroatoms. The van der Waals surface area contributed by atoms with Gasteiger partial charge in [-0.05, 0) is 30.5 Å². The van der Waals surface area contributed by atoms with Crippen molar-refractivity contribution >= 4 is 11.3 Å². The highest BCUT2D eigenvalue weighted by atomic mass is 15.3. The SMILES string of the molecule is CN(c1ncnn2cccc12)C1CCN(Cc2ccccc2)CC1. The van der Waals surface area contributed by atoms with Gasteiger partial charge in [0, 0.05) is 38.9 Å². The molecule has 124 valence electrons. The zero-order valence-electron chi connectivity index (χ0n) is 14.0. The molecule has 0 bridgehead atoms. The summed E-state index contributed by atoms with van der Waals surface area (Å²) < 4.78 is 1.89. The molecule has 1 aliphatic heterocycles. The molecular formula is C19H23N5. The van der Waals surface area contributed by atoms with Crippen molar-refractivity contribution in [3.05, 3.63) is 60.6 Å². The van der Waals surface area contributed by atoms with E-state index in [1.807, 2.05) is 16.8 Å². The highest BCUT2D eigenvalue weighted by Crippen LogP contribution is 2.24. The largest absolute Gasteiger partial charge is 0.355 e. The average molecular weight is 321 g/mol. The van der Waals surface area contributed by atoms with Crippen LogP contribution in [0.15, 0.2) is 55.0 Å². The summed E-state index contributed by atoms with van der Waals surface area (Å²) in [6.45, 7) is 3.31. The number of anilines is 1. The van der Waals surface area contributed by atoms with Crippen LogP contribution in [0.25, 0.3) is 5.52 Å². The summed E-state index contributed by atoms with van der Waals surface area (Å²) in [7, 11) is 2.16. The van der Waals surface area contributed by atoms with Crippen molar-refractivity contribution in [3.63, 3.8) is 0 Å². The minimum absolute atomic E-state index is 0.533. The Hall–Kier alpha value is -2.40. The van der Waals surface area contributed by atoms with E-state index in [4.69, 9.17) is 0 Å². The molecule has 5 nitrogen and oxygen atoms in total. The first-order valence-electron chi connectivity index (χ1n) is 8.59. The lowest BCUT2D eigenvalue weighted by Gasteiger charge is -2.37. The molecule has 1 fully saturated rings. The summed E-state index contributed by atoms with van der Waals surface area (Å²) in [6.07, 6.45) is 5.95. The molecule has 3 heterocycles. The molecule has 3 aromatic rings. The Labute approximate surface area is 142 Å². The molecule has 0 spiro atoms. The second-order valence-electron chi connectivity index (χ2n) is 6.53. The van der Waals surface area contributed by atoms with Crippen molar-refractivity contribution in [2.45, 2.75) is 25.4 Å². The molecule has 2 aromatic heterocycles. The maximum Gasteiger partial charge on any atom is 0.156 e. The smallest absolute Gasteiger partial charge is 0.156 e. The van der Waals surface area contributed by atoms with Gasteiger partial charge in [0.25, 0.3) is 0 Å². The summed E-state index contributed by atoms with van der Waals surface area (Å²) >= 11 is 0. The predicted molar refractivity (Wildman–Crippen MR) is 96.1 cm³/mol. The van der Waals surface area contributed by atoms with Crippen molar-refractivity contribution in [1.29, 1.82) is 0 Å². The first-order valence-corrected chi connectivity index (χ1v) is 8.59. The standard InChI is InChI=1S/C19H23N5/c1-22(19-18-8-5-11-24(18)21-15-20-19)17-9-12-23(13-10-17)14-16-6-3-2-4-7-16/h2-8,11,15,17H,9-10,12-14H2,1H3. The van der Waals surface area contributed by atoms with Gasteiger partial charge >= 0.3 is 0 Å². The third-order valence-electron chi connectivity index (χ3n) is 5.00. The molecule has 0 atom stereocenters. The normalized spacial score (nSPS) is 16.5. The van der Waals surface area contributed by atoms with Crippen LogP contribution in [0.5, 0.6) is 0 Å². The molecule has 1 aliphatic rings. The molecule has 24 heavy (non-hydrogen) atoms. The van der Waals surface area contributed by atoms with E-state index >= 15 is 0 Å². The fourth-order valence-electron chi connectivity index (χ4n) is 3.60. The first-order chi connectivity index (χ1) is 11.8. The molecule has 1 saturated heterocycles. The highest BCUT2D eigenvalue weighted by Gasteiger charge is 2.24. The van der Waals surface area contributed by atoms with E-state index in [9.17, 15) is 0 Å². The van der Waals surface area contributed by atoms with Gasteiger partial charge in [-0.3, -0.25) is 4.90 Å². The number of benzene rings is 1. The third-order valence-corrected chi connectivity index (χ3v) is 5.00. The van der Waals surface area contributed by atoms with E-state index in [1.165, 1.54) is 18.4 Å². The average Bonchev–Trinajstić information content (AvgIpc) is 3.11. The number of piperidine rings is 1. The number of hydrogen-bond donors (Lipinski definition) is 0. The van der Waals surface area contributed by atoms with Crippen LogP contribution in [0.3, 0.4) is 0 Å². The van der Waals surface area contributed by atoms with E-state index in [2.05, 4.69) is 63.3 Å². The van der Waals surface area contributed by atoms with E-state index in [0.717, 1.165) is 31.0 Å². The minimum atomic E-state index is 0.533. The van der Waals surface area contributed by atoms with Crippen molar-refractivity contribution in [2.24, 2.45) is 0 Å². The van der Waals surface area contributed by atoms with Gasteiger partial charge in [-0.15, -0.1) is 0 Å².